The average molecular weight is 205 g/mol. The molecule has 15 heavy (non-hydrogen) atoms. The number of aromatic nitrogens is 2. The Morgan fingerprint density at radius 2 is 2.40 bits per heavy atom. The van der Waals surface area contributed by atoms with Crippen molar-refractivity contribution in [2.24, 2.45) is 0 Å². The first-order chi connectivity index (χ1) is 7.29. The fourth-order valence-corrected chi connectivity index (χ4v) is 2.11. The van der Waals surface area contributed by atoms with Crippen LogP contribution in [0.4, 0.5) is 0 Å². The summed E-state index contributed by atoms with van der Waals surface area (Å²) in [7, 11) is 0. The highest BCUT2D eigenvalue weighted by Gasteiger charge is 2.26. The molecule has 0 aromatic carbocycles. The van der Waals surface area contributed by atoms with Crippen molar-refractivity contribution >= 4 is 5.91 Å². The zero-order chi connectivity index (χ0) is 10.7. The molecule has 1 amide bonds. The fraction of sp³-hybridized carbons (Fsp3) is 0.545. The molecule has 4 nitrogen and oxygen atoms in total. The molecule has 1 atom stereocenters. The van der Waals surface area contributed by atoms with Crippen molar-refractivity contribution in [3.05, 3.63) is 24.3 Å². The molecule has 1 fully saturated rings. The van der Waals surface area contributed by atoms with E-state index in [0.717, 1.165) is 25.1 Å². The van der Waals surface area contributed by atoms with E-state index in [-0.39, 0.29) is 11.9 Å². The van der Waals surface area contributed by atoms with Gasteiger partial charge in [0.25, 0.3) is 0 Å². The lowest BCUT2D eigenvalue weighted by atomic mass is 9.99. The fourth-order valence-electron chi connectivity index (χ4n) is 2.11. The van der Waals surface area contributed by atoms with Gasteiger partial charge in [-0.25, -0.2) is 9.97 Å². The number of rotatable bonds is 1. The van der Waals surface area contributed by atoms with Gasteiger partial charge in [0.1, 0.15) is 6.33 Å². The standard InChI is InChI=1S/C11H15N3O/c1-9(15)14-7-3-2-4-11(14)10-5-6-12-8-13-10/h5-6,8,11H,2-4,7H2,1H3. The lowest BCUT2D eigenvalue weighted by Crippen LogP contribution is -2.37. The summed E-state index contributed by atoms with van der Waals surface area (Å²) in [6.45, 7) is 2.48. The third kappa shape index (κ3) is 2.14. The summed E-state index contributed by atoms with van der Waals surface area (Å²) in [5, 5.41) is 0. The largest absolute Gasteiger partial charge is 0.334 e. The molecule has 0 aliphatic carbocycles. The van der Waals surface area contributed by atoms with E-state index in [2.05, 4.69) is 9.97 Å². The van der Waals surface area contributed by atoms with Crippen molar-refractivity contribution in [1.29, 1.82) is 0 Å². The summed E-state index contributed by atoms with van der Waals surface area (Å²) in [6.07, 6.45) is 6.55. The number of carbonyl (C=O) groups is 1. The summed E-state index contributed by atoms with van der Waals surface area (Å²) < 4.78 is 0. The smallest absolute Gasteiger partial charge is 0.220 e. The Balaban J connectivity index is 2.22. The summed E-state index contributed by atoms with van der Waals surface area (Å²) in [5.41, 5.74) is 0.958. The Labute approximate surface area is 89.3 Å². The number of piperidine rings is 1. The average Bonchev–Trinajstić information content (AvgIpc) is 2.30. The molecule has 0 saturated carbocycles. The minimum Gasteiger partial charge on any atom is -0.334 e. The van der Waals surface area contributed by atoms with Gasteiger partial charge in [-0.15, -0.1) is 0 Å². The summed E-state index contributed by atoms with van der Waals surface area (Å²) >= 11 is 0. The van der Waals surface area contributed by atoms with Crippen molar-refractivity contribution in [3.8, 4) is 0 Å². The molecule has 4 heteroatoms. The molecule has 1 aromatic rings. The van der Waals surface area contributed by atoms with E-state index in [1.165, 1.54) is 6.42 Å². The molecule has 1 unspecified atom stereocenters. The molecule has 1 aromatic heterocycles. The summed E-state index contributed by atoms with van der Waals surface area (Å²) in [6, 6.07) is 2.05. The number of likely N-dealkylation sites (tertiary alicyclic amines) is 1. The van der Waals surface area contributed by atoms with Gasteiger partial charge in [-0.2, -0.15) is 0 Å². The van der Waals surface area contributed by atoms with Gasteiger partial charge in [0, 0.05) is 19.7 Å². The molecule has 1 aliphatic heterocycles. The number of amides is 1. The maximum absolute atomic E-state index is 11.5. The minimum absolute atomic E-state index is 0.137. The molecular weight excluding hydrogens is 190 g/mol. The van der Waals surface area contributed by atoms with Crippen molar-refractivity contribution in [1.82, 2.24) is 14.9 Å². The van der Waals surface area contributed by atoms with Crippen LogP contribution in [-0.4, -0.2) is 27.3 Å². The van der Waals surface area contributed by atoms with Gasteiger partial charge in [-0.3, -0.25) is 4.79 Å². The van der Waals surface area contributed by atoms with Crippen LogP contribution in [0.2, 0.25) is 0 Å². The monoisotopic (exact) mass is 205 g/mol. The molecule has 2 heterocycles. The second-order valence-corrected chi connectivity index (χ2v) is 3.86. The Kier molecular flexibility index (Phi) is 2.94. The van der Waals surface area contributed by atoms with Crippen LogP contribution in [0.3, 0.4) is 0 Å². The lowest BCUT2D eigenvalue weighted by Gasteiger charge is -2.34. The number of hydrogen-bond donors (Lipinski definition) is 0. The van der Waals surface area contributed by atoms with E-state index < -0.39 is 0 Å². The molecule has 0 radical (unpaired) electrons. The molecule has 0 spiro atoms. The third-order valence-electron chi connectivity index (χ3n) is 2.85. The first kappa shape index (κ1) is 10.1. The molecule has 80 valence electrons. The number of carbonyl (C=O) groups excluding carboxylic acids is 1. The zero-order valence-corrected chi connectivity index (χ0v) is 8.89. The Bertz CT molecular complexity index is 339. The first-order valence-corrected chi connectivity index (χ1v) is 5.32. The van der Waals surface area contributed by atoms with Crippen LogP contribution in [-0.2, 0) is 4.79 Å². The second kappa shape index (κ2) is 4.38. The zero-order valence-electron chi connectivity index (χ0n) is 8.89. The predicted octanol–water partition coefficient (Wildman–Crippen LogP) is 1.55. The van der Waals surface area contributed by atoms with Gasteiger partial charge in [-0.1, -0.05) is 0 Å². The van der Waals surface area contributed by atoms with E-state index in [4.69, 9.17) is 0 Å². The van der Waals surface area contributed by atoms with Crippen LogP contribution in [0, 0.1) is 0 Å². The van der Waals surface area contributed by atoms with Gasteiger partial charge in [0.05, 0.1) is 11.7 Å². The van der Waals surface area contributed by atoms with Gasteiger partial charge >= 0.3 is 0 Å². The third-order valence-corrected chi connectivity index (χ3v) is 2.85. The quantitative estimate of drug-likeness (QED) is 0.698. The van der Waals surface area contributed by atoms with Crippen molar-refractivity contribution in [3.63, 3.8) is 0 Å². The maximum Gasteiger partial charge on any atom is 0.220 e. The summed E-state index contributed by atoms with van der Waals surface area (Å²) in [5.74, 6) is 0.137. The van der Waals surface area contributed by atoms with Gasteiger partial charge < -0.3 is 4.90 Å². The number of hydrogen-bond acceptors (Lipinski definition) is 3. The Morgan fingerprint density at radius 1 is 1.53 bits per heavy atom. The molecular formula is C11H15N3O. The van der Waals surface area contributed by atoms with E-state index >= 15 is 0 Å². The Hall–Kier alpha value is -1.45. The topological polar surface area (TPSA) is 46.1 Å². The minimum atomic E-state index is 0.137. The normalized spacial score (nSPS) is 21.4. The molecule has 2 rings (SSSR count). The number of nitrogens with zero attached hydrogens (tertiary/aromatic N) is 3. The van der Waals surface area contributed by atoms with E-state index in [9.17, 15) is 4.79 Å². The second-order valence-electron chi connectivity index (χ2n) is 3.86. The predicted molar refractivity (Wildman–Crippen MR) is 56.0 cm³/mol. The van der Waals surface area contributed by atoms with Crippen molar-refractivity contribution in [2.45, 2.75) is 32.2 Å². The highest BCUT2D eigenvalue weighted by atomic mass is 16.2. The van der Waals surface area contributed by atoms with Gasteiger partial charge in [-0.05, 0) is 25.3 Å². The van der Waals surface area contributed by atoms with Gasteiger partial charge in [0.15, 0.2) is 0 Å². The van der Waals surface area contributed by atoms with E-state index in [0.29, 0.717) is 0 Å². The molecule has 1 aliphatic rings. The SMILES string of the molecule is CC(=O)N1CCCCC1c1ccncn1. The molecule has 1 saturated heterocycles. The van der Waals surface area contributed by atoms with Crippen LogP contribution in [0.5, 0.6) is 0 Å². The highest BCUT2D eigenvalue weighted by molar-refractivity contribution is 5.73. The first-order valence-electron chi connectivity index (χ1n) is 5.32. The maximum atomic E-state index is 11.5. The van der Waals surface area contributed by atoms with Crippen LogP contribution < -0.4 is 0 Å². The highest BCUT2D eigenvalue weighted by Crippen LogP contribution is 2.29. The van der Waals surface area contributed by atoms with Crippen LogP contribution >= 0.6 is 0 Å². The van der Waals surface area contributed by atoms with Crippen LogP contribution in [0.15, 0.2) is 18.6 Å². The van der Waals surface area contributed by atoms with E-state index in [1.54, 1.807) is 19.4 Å². The van der Waals surface area contributed by atoms with Gasteiger partial charge in [0.2, 0.25) is 5.91 Å². The van der Waals surface area contributed by atoms with Crippen molar-refractivity contribution < 1.29 is 4.79 Å². The van der Waals surface area contributed by atoms with Crippen LogP contribution in [0.25, 0.3) is 0 Å². The van der Waals surface area contributed by atoms with Crippen LogP contribution in [0.1, 0.15) is 37.9 Å². The Morgan fingerprint density at radius 3 is 3.07 bits per heavy atom. The van der Waals surface area contributed by atoms with Crippen molar-refractivity contribution in [2.75, 3.05) is 6.54 Å². The van der Waals surface area contributed by atoms with E-state index in [1.807, 2.05) is 11.0 Å². The lowest BCUT2D eigenvalue weighted by molar-refractivity contribution is -0.132. The summed E-state index contributed by atoms with van der Waals surface area (Å²) in [4.78, 5) is 21.5. The molecule has 0 N–H and O–H groups in total. The molecule has 0 bridgehead atoms.